The number of ether oxygens (including phenoxy) is 1. The van der Waals surface area contributed by atoms with Crippen LogP contribution in [0.5, 0.6) is 5.75 Å². The number of carbonyl (C=O) groups excluding carboxylic acids is 1. The SMILES string of the molecule is O=C(O)[C@@H]1C[C@H](N2CCCOc3ccccc32)CCN1C(=O)C(c1ccccc1)c1ccccc1. The van der Waals surface area contributed by atoms with E-state index < -0.39 is 17.9 Å². The highest BCUT2D eigenvalue weighted by Gasteiger charge is 2.41. The fourth-order valence-electron chi connectivity index (χ4n) is 5.40. The number of anilines is 1. The standard InChI is InChI=1S/C29H30N2O4/c32-28(27(21-10-3-1-4-11-21)22-12-5-2-6-13-22)31-18-16-23(20-25(31)29(33)34)30-17-9-19-35-26-15-8-7-14-24(26)30/h1-8,10-15,23,25,27H,9,16-20H2,(H,33,34)/t23-,25+/m1/s1. The van der Waals surface area contributed by atoms with Gasteiger partial charge in [0.25, 0.3) is 0 Å². The molecule has 0 radical (unpaired) electrons. The van der Waals surface area contributed by atoms with Crippen LogP contribution in [0.15, 0.2) is 84.9 Å². The van der Waals surface area contributed by atoms with Crippen LogP contribution >= 0.6 is 0 Å². The van der Waals surface area contributed by atoms with E-state index in [1.165, 1.54) is 0 Å². The second-order valence-corrected chi connectivity index (χ2v) is 9.18. The van der Waals surface area contributed by atoms with Gasteiger partial charge in [-0.25, -0.2) is 4.79 Å². The predicted molar refractivity (Wildman–Crippen MR) is 135 cm³/mol. The van der Waals surface area contributed by atoms with Gasteiger partial charge < -0.3 is 19.6 Å². The first-order chi connectivity index (χ1) is 17.1. The Hall–Kier alpha value is -3.80. The number of para-hydroxylation sites is 2. The molecular weight excluding hydrogens is 440 g/mol. The average Bonchev–Trinajstić information content (AvgIpc) is 3.12. The van der Waals surface area contributed by atoms with Crippen molar-refractivity contribution in [2.75, 3.05) is 24.6 Å². The monoisotopic (exact) mass is 470 g/mol. The van der Waals surface area contributed by atoms with E-state index in [1.54, 1.807) is 4.90 Å². The van der Waals surface area contributed by atoms with Gasteiger partial charge in [-0.3, -0.25) is 4.79 Å². The number of carboxylic acids is 1. The molecule has 0 aromatic heterocycles. The third kappa shape index (κ3) is 4.74. The van der Waals surface area contributed by atoms with E-state index in [-0.39, 0.29) is 11.9 Å². The lowest BCUT2D eigenvalue weighted by molar-refractivity contribution is -0.152. The van der Waals surface area contributed by atoms with Crippen molar-refractivity contribution in [3.05, 3.63) is 96.1 Å². The molecule has 0 saturated carbocycles. The van der Waals surface area contributed by atoms with E-state index in [2.05, 4.69) is 4.90 Å². The Balaban J connectivity index is 1.43. The Labute approximate surface area is 205 Å². The number of aliphatic carboxylic acids is 1. The van der Waals surface area contributed by atoms with E-state index in [0.29, 0.717) is 26.0 Å². The van der Waals surface area contributed by atoms with E-state index >= 15 is 0 Å². The van der Waals surface area contributed by atoms with Crippen LogP contribution in [0.2, 0.25) is 0 Å². The summed E-state index contributed by atoms with van der Waals surface area (Å²) >= 11 is 0. The summed E-state index contributed by atoms with van der Waals surface area (Å²) in [7, 11) is 0. The zero-order valence-corrected chi connectivity index (χ0v) is 19.6. The van der Waals surface area contributed by atoms with Crippen molar-refractivity contribution < 1.29 is 19.4 Å². The average molecular weight is 471 g/mol. The molecule has 1 amide bonds. The van der Waals surface area contributed by atoms with E-state index in [9.17, 15) is 14.7 Å². The maximum absolute atomic E-state index is 14.0. The Bertz CT molecular complexity index is 1130. The number of hydrogen-bond donors (Lipinski definition) is 1. The summed E-state index contributed by atoms with van der Waals surface area (Å²) in [6.45, 7) is 1.85. The number of amides is 1. The number of piperidine rings is 1. The van der Waals surface area contributed by atoms with Crippen LogP contribution in [0, 0.1) is 0 Å². The van der Waals surface area contributed by atoms with Crippen LogP contribution in [0.4, 0.5) is 5.69 Å². The van der Waals surface area contributed by atoms with Crippen molar-refractivity contribution in [3.63, 3.8) is 0 Å². The van der Waals surface area contributed by atoms with Gasteiger partial charge >= 0.3 is 5.97 Å². The number of rotatable bonds is 5. The molecule has 6 heteroatoms. The predicted octanol–water partition coefficient (Wildman–Crippen LogP) is 4.55. The zero-order valence-electron chi connectivity index (χ0n) is 19.6. The van der Waals surface area contributed by atoms with Crippen LogP contribution < -0.4 is 9.64 Å². The summed E-state index contributed by atoms with van der Waals surface area (Å²) in [5.41, 5.74) is 2.74. The van der Waals surface area contributed by atoms with Gasteiger partial charge in [0.1, 0.15) is 11.8 Å². The molecule has 1 N–H and O–H groups in total. The van der Waals surface area contributed by atoms with Crippen molar-refractivity contribution in [1.82, 2.24) is 4.90 Å². The van der Waals surface area contributed by atoms with E-state index in [1.807, 2.05) is 84.9 Å². The van der Waals surface area contributed by atoms with Gasteiger partial charge in [0.05, 0.1) is 18.2 Å². The Morgan fingerprint density at radius 1 is 0.857 bits per heavy atom. The first-order valence-electron chi connectivity index (χ1n) is 12.2. The maximum Gasteiger partial charge on any atom is 0.326 e. The first-order valence-corrected chi connectivity index (χ1v) is 12.2. The third-order valence-electron chi connectivity index (χ3n) is 7.07. The maximum atomic E-state index is 14.0. The minimum Gasteiger partial charge on any atom is -0.491 e. The van der Waals surface area contributed by atoms with E-state index in [0.717, 1.165) is 35.5 Å². The molecule has 2 aliphatic heterocycles. The smallest absolute Gasteiger partial charge is 0.326 e. The molecule has 2 aliphatic rings. The summed E-state index contributed by atoms with van der Waals surface area (Å²) < 4.78 is 5.91. The Kier molecular flexibility index (Phi) is 6.70. The minimum absolute atomic E-state index is 0.0231. The summed E-state index contributed by atoms with van der Waals surface area (Å²) in [5.74, 6) is -0.818. The van der Waals surface area contributed by atoms with Crippen LogP contribution in [0.25, 0.3) is 0 Å². The summed E-state index contributed by atoms with van der Waals surface area (Å²) in [6, 6.07) is 26.3. The molecule has 0 bridgehead atoms. The second-order valence-electron chi connectivity index (χ2n) is 9.18. The topological polar surface area (TPSA) is 70.1 Å². The molecule has 6 nitrogen and oxygen atoms in total. The highest BCUT2D eigenvalue weighted by Crippen LogP contribution is 2.36. The van der Waals surface area contributed by atoms with Crippen molar-refractivity contribution >= 4 is 17.6 Å². The van der Waals surface area contributed by atoms with Gasteiger partial charge in [-0.2, -0.15) is 0 Å². The number of fused-ring (bicyclic) bond motifs is 1. The zero-order chi connectivity index (χ0) is 24.2. The Morgan fingerprint density at radius 2 is 1.49 bits per heavy atom. The number of hydrogen-bond acceptors (Lipinski definition) is 4. The van der Waals surface area contributed by atoms with Crippen LogP contribution in [0.3, 0.4) is 0 Å². The minimum atomic E-state index is -0.956. The van der Waals surface area contributed by atoms with Crippen molar-refractivity contribution in [3.8, 4) is 5.75 Å². The van der Waals surface area contributed by atoms with Gasteiger partial charge in [-0.15, -0.1) is 0 Å². The molecule has 0 unspecified atom stereocenters. The van der Waals surface area contributed by atoms with Gasteiger partial charge in [-0.05, 0) is 42.5 Å². The third-order valence-corrected chi connectivity index (χ3v) is 7.07. The van der Waals surface area contributed by atoms with Gasteiger partial charge in [-0.1, -0.05) is 72.8 Å². The quantitative estimate of drug-likeness (QED) is 0.592. The normalized spacial score (nSPS) is 20.0. The molecule has 0 spiro atoms. The highest BCUT2D eigenvalue weighted by atomic mass is 16.5. The van der Waals surface area contributed by atoms with Gasteiger partial charge in [0.2, 0.25) is 5.91 Å². The molecule has 3 aromatic rings. The molecule has 2 heterocycles. The van der Waals surface area contributed by atoms with Crippen LogP contribution in [-0.4, -0.2) is 53.7 Å². The van der Waals surface area contributed by atoms with Gasteiger partial charge in [0, 0.05) is 19.1 Å². The highest BCUT2D eigenvalue weighted by molar-refractivity contribution is 5.91. The van der Waals surface area contributed by atoms with Crippen LogP contribution in [0.1, 0.15) is 36.3 Å². The second kappa shape index (κ2) is 10.2. The van der Waals surface area contributed by atoms with Crippen LogP contribution in [-0.2, 0) is 9.59 Å². The summed E-state index contributed by atoms with van der Waals surface area (Å²) in [5, 5.41) is 10.2. The van der Waals surface area contributed by atoms with Crippen molar-refractivity contribution in [2.24, 2.45) is 0 Å². The molecule has 1 saturated heterocycles. The lowest BCUT2D eigenvalue weighted by atomic mass is 9.87. The molecule has 35 heavy (non-hydrogen) atoms. The van der Waals surface area contributed by atoms with E-state index in [4.69, 9.17) is 4.74 Å². The lowest BCUT2D eigenvalue weighted by Gasteiger charge is -2.43. The first kappa shape index (κ1) is 23.0. The summed E-state index contributed by atoms with van der Waals surface area (Å²) in [6.07, 6.45) is 1.96. The van der Waals surface area contributed by atoms with Gasteiger partial charge in [0.15, 0.2) is 0 Å². The Morgan fingerprint density at radius 3 is 2.14 bits per heavy atom. The van der Waals surface area contributed by atoms with Crippen molar-refractivity contribution in [1.29, 1.82) is 0 Å². The molecule has 180 valence electrons. The molecular formula is C29H30N2O4. The molecule has 2 atom stereocenters. The molecule has 3 aromatic carbocycles. The number of nitrogens with zero attached hydrogens (tertiary/aromatic N) is 2. The fourth-order valence-corrected chi connectivity index (χ4v) is 5.40. The molecule has 5 rings (SSSR count). The lowest BCUT2D eigenvalue weighted by Crippen LogP contribution is -2.56. The number of benzene rings is 3. The van der Waals surface area contributed by atoms with Crippen molar-refractivity contribution in [2.45, 2.75) is 37.3 Å². The molecule has 0 aliphatic carbocycles. The molecule has 1 fully saturated rings. The number of carboxylic acid groups (broad SMARTS) is 1. The number of carbonyl (C=O) groups is 2. The fraction of sp³-hybridized carbons (Fsp3) is 0.310. The summed E-state index contributed by atoms with van der Waals surface area (Å²) in [4.78, 5) is 30.3. The number of likely N-dealkylation sites (tertiary alicyclic amines) is 1. The largest absolute Gasteiger partial charge is 0.491 e.